The molecular weight excluding hydrogens is 268 g/mol. The molecule has 2 aromatic rings. The van der Waals surface area contributed by atoms with Crippen molar-refractivity contribution in [2.24, 2.45) is 0 Å². The molecule has 0 atom stereocenters. The molecule has 1 heterocycles. The van der Waals surface area contributed by atoms with Gasteiger partial charge in [0.05, 0.1) is 23.5 Å². The van der Waals surface area contributed by atoms with E-state index in [9.17, 15) is 9.59 Å². The van der Waals surface area contributed by atoms with Gasteiger partial charge in [-0.15, -0.1) is 0 Å². The number of carbonyl (C=O) groups excluding carboxylic acids is 2. The second-order valence-electron chi connectivity index (χ2n) is 3.70. The Hall–Kier alpha value is -2.14. The molecule has 0 N–H and O–H groups in total. The lowest BCUT2D eigenvalue weighted by Gasteiger charge is -2.03. The van der Waals surface area contributed by atoms with Crippen LogP contribution in [0.3, 0.4) is 0 Å². The molecule has 0 bridgehead atoms. The summed E-state index contributed by atoms with van der Waals surface area (Å²) in [4.78, 5) is 23.0. The van der Waals surface area contributed by atoms with Crippen molar-refractivity contribution < 1.29 is 14.3 Å². The van der Waals surface area contributed by atoms with Gasteiger partial charge in [-0.2, -0.15) is 5.10 Å². The van der Waals surface area contributed by atoms with Crippen molar-refractivity contribution in [1.82, 2.24) is 9.78 Å². The molecule has 19 heavy (non-hydrogen) atoms. The molecule has 5 nitrogen and oxygen atoms in total. The predicted molar refractivity (Wildman–Crippen MR) is 69.5 cm³/mol. The maximum atomic E-state index is 11.7. The van der Waals surface area contributed by atoms with E-state index in [-0.39, 0.29) is 12.2 Å². The molecule has 1 aromatic carbocycles. The molecule has 0 unspecified atom stereocenters. The monoisotopic (exact) mass is 278 g/mol. The Morgan fingerprint density at radius 2 is 2.00 bits per heavy atom. The minimum absolute atomic E-state index is 0.175. The first kappa shape index (κ1) is 13.3. The lowest BCUT2D eigenvalue weighted by Crippen LogP contribution is -2.17. The third-order valence-electron chi connectivity index (χ3n) is 2.41. The fourth-order valence-electron chi connectivity index (χ4n) is 1.52. The number of carbonyl (C=O) groups is 2. The third kappa shape index (κ3) is 3.00. The van der Waals surface area contributed by atoms with Crippen molar-refractivity contribution in [2.45, 2.75) is 6.92 Å². The van der Waals surface area contributed by atoms with Crippen molar-refractivity contribution >= 4 is 23.4 Å². The molecule has 0 fully saturated rings. The van der Waals surface area contributed by atoms with E-state index in [1.807, 2.05) is 0 Å². The summed E-state index contributed by atoms with van der Waals surface area (Å²) in [6, 6.07) is 6.44. The Balaban J connectivity index is 2.19. The van der Waals surface area contributed by atoms with Crippen molar-refractivity contribution in [3.63, 3.8) is 0 Å². The standard InChI is InChI=1S/C13H11ClN2O3/c1-2-19-13(18)12(17)9-3-5-11(6-4-9)16-8-10(14)7-15-16/h3-8H,2H2,1H3. The number of halogens is 1. The van der Waals surface area contributed by atoms with Gasteiger partial charge in [0.15, 0.2) is 0 Å². The van der Waals surface area contributed by atoms with Gasteiger partial charge in [-0.05, 0) is 31.2 Å². The van der Waals surface area contributed by atoms with Crippen LogP contribution in [0.25, 0.3) is 5.69 Å². The topological polar surface area (TPSA) is 61.2 Å². The largest absolute Gasteiger partial charge is 0.460 e. The number of rotatable bonds is 4. The Morgan fingerprint density at radius 1 is 1.32 bits per heavy atom. The van der Waals surface area contributed by atoms with Gasteiger partial charge >= 0.3 is 5.97 Å². The van der Waals surface area contributed by atoms with Crippen molar-refractivity contribution in [2.75, 3.05) is 6.61 Å². The number of Topliss-reactive ketones (excluding diaryl/α,β-unsaturated/α-hetero) is 1. The Bertz CT molecular complexity index is 605. The summed E-state index contributed by atoms with van der Waals surface area (Å²) in [7, 11) is 0. The van der Waals surface area contributed by atoms with E-state index < -0.39 is 11.8 Å². The van der Waals surface area contributed by atoms with Crippen LogP contribution >= 0.6 is 11.6 Å². The number of hydrogen-bond donors (Lipinski definition) is 0. The summed E-state index contributed by atoms with van der Waals surface area (Å²) in [5, 5.41) is 4.55. The number of benzene rings is 1. The minimum atomic E-state index is -0.850. The van der Waals surface area contributed by atoms with Gasteiger partial charge in [-0.1, -0.05) is 11.6 Å². The van der Waals surface area contributed by atoms with Crippen molar-refractivity contribution in [3.05, 3.63) is 47.2 Å². The Morgan fingerprint density at radius 3 is 2.53 bits per heavy atom. The number of esters is 1. The first-order chi connectivity index (χ1) is 9.11. The predicted octanol–water partition coefficient (Wildman–Crippen LogP) is 2.27. The highest BCUT2D eigenvalue weighted by molar-refractivity contribution is 6.40. The molecule has 98 valence electrons. The number of aromatic nitrogens is 2. The summed E-state index contributed by atoms with van der Waals surface area (Å²) >= 11 is 5.77. The number of hydrogen-bond acceptors (Lipinski definition) is 4. The summed E-state index contributed by atoms with van der Waals surface area (Å²) in [6.45, 7) is 1.82. The average Bonchev–Trinajstić information content (AvgIpc) is 2.85. The Kier molecular flexibility index (Phi) is 3.97. The lowest BCUT2D eigenvalue weighted by molar-refractivity contribution is -0.137. The Labute approximate surface area is 114 Å². The number of ether oxygens (including phenoxy) is 1. The molecule has 0 aliphatic heterocycles. The van der Waals surface area contributed by atoms with Gasteiger partial charge in [0, 0.05) is 11.8 Å². The van der Waals surface area contributed by atoms with Crippen LogP contribution in [-0.4, -0.2) is 28.1 Å². The van der Waals surface area contributed by atoms with Gasteiger partial charge in [-0.3, -0.25) is 4.79 Å². The maximum absolute atomic E-state index is 11.7. The molecular formula is C13H11ClN2O3. The quantitative estimate of drug-likeness (QED) is 0.489. The number of ketones is 1. The molecule has 0 amide bonds. The molecule has 0 aliphatic rings. The van der Waals surface area contributed by atoms with E-state index in [0.717, 1.165) is 5.69 Å². The normalized spacial score (nSPS) is 10.2. The summed E-state index contributed by atoms with van der Waals surface area (Å²) < 4.78 is 6.22. The number of nitrogens with zero attached hydrogens (tertiary/aromatic N) is 2. The van der Waals surface area contributed by atoms with Crippen LogP contribution in [0.15, 0.2) is 36.7 Å². The van der Waals surface area contributed by atoms with E-state index in [1.165, 1.54) is 6.20 Å². The van der Waals surface area contributed by atoms with Crippen molar-refractivity contribution in [3.8, 4) is 5.69 Å². The highest BCUT2D eigenvalue weighted by Gasteiger charge is 2.17. The first-order valence-corrected chi connectivity index (χ1v) is 6.01. The zero-order valence-electron chi connectivity index (χ0n) is 10.2. The highest BCUT2D eigenvalue weighted by atomic mass is 35.5. The summed E-state index contributed by atoms with van der Waals surface area (Å²) in [5.74, 6) is -1.51. The fraction of sp³-hybridized carbons (Fsp3) is 0.154. The molecule has 0 aliphatic carbocycles. The third-order valence-corrected chi connectivity index (χ3v) is 2.60. The molecule has 2 rings (SSSR count). The van der Waals surface area contributed by atoms with Gasteiger partial charge in [0.2, 0.25) is 0 Å². The molecule has 1 aromatic heterocycles. The maximum Gasteiger partial charge on any atom is 0.379 e. The van der Waals surface area contributed by atoms with Crippen LogP contribution in [0, 0.1) is 0 Å². The van der Waals surface area contributed by atoms with Crippen LogP contribution in [0.4, 0.5) is 0 Å². The van der Waals surface area contributed by atoms with Crippen molar-refractivity contribution in [1.29, 1.82) is 0 Å². The molecule has 0 radical (unpaired) electrons. The molecule has 0 spiro atoms. The van der Waals surface area contributed by atoms with Gasteiger partial charge in [0.25, 0.3) is 5.78 Å². The van der Waals surface area contributed by atoms with Crippen LogP contribution in [0.1, 0.15) is 17.3 Å². The van der Waals surface area contributed by atoms with E-state index in [4.69, 9.17) is 11.6 Å². The molecule has 0 saturated carbocycles. The van der Waals surface area contributed by atoms with Gasteiger partial charge in [0.1, 0.15) is 0 Å². The smallest absolute Gasteiger partial charge is 0.379 e. The molecule has 0 saturated heterocycles. The second kappa shape index (κ2) is 5.67. The first-order valence-electron chi connectivity index (χ1n) is 5.64. The van der Waals surface area contributed by atoms with Gasteiger partial charge < -0.3 is 4.74 Å². The van der Waals surface area contributed by atoms with E-state index >= 15 is 0 Å². The summed E-state index contributed by atoms with van der Waals surface area (Å²) in [5.41, 5.74) is 1.02. The van der Waals surface area contributed by atoms with E-state index in [2.05, 4.69) is 9.84 Å². The zero-order chi connectivity index (χ0) is 13.8. The van der Waals surface area contributed by atoms with Crippen LogP contribution in [-0.2, 0) is 9.53 Å². The second-order valence-corrected chi connectivity index (χ2v) is 4.14. The minimum Gasteiger partial charge on any atom is -0.460 e. The average molecular weight is 279 g/mol. The summed E-state index contributed by atoms with van der Waals surface area (Å²) in [6.07, 6.45) is 3.16. The van der Waals surface area contributed by atoms with E-state index in [0.29, 0.717) is 5.02 Å². The fourth-order valence-corrected chi connectivity index (χ4v) is 1.66. The van der Waals surface area contributed by atoms with Gasteiger partial charge in [-0.25, -0.2) is 9.48 Å². The van der Waals surface area contributed by atoms with E-state index in [1.54, 1.807) is 42.1 Å². The highest BCUT2D eigenvalue weighted by Crippen LogP contribution is 2.13. The van der Waals surface area contributed by atoms with Crippen LogP contribution in [0.5, 0.6) is 0 Å². The zero-order valence-corrected chi connectivity index (χ0v) is 10.9. The lowest BCUT2D eigenvalue weighted by atomic mass is 10.1. The SMILES string of the molecule is CCOC(=O)C(=O)c1ccc(-n2cc(Cl)cn2)cc1. The van der Waals surface area contributed by atoms with Crippen LogP contribution in [0.2, 0.25) is 5.02 Å². The molecule has 6 heteroatoms. The van der Waals surface area contributed by atoms with Crippen LogP contribution < -0.4 is 0 Å².